The highest BCUT2D eigenvalue weighted by Crippen LogP contribution is 2.27. The molecule has 0 aliphatic heterocycles. The first-order chi connectivity index (χ1) is 9.25. The quantitative estimate of drug-likeness (QED) is 0.703. The van der Waals surface area contributed by atoms with Gasteiger partial charge >= 0.3 is 5.63 Å². The summed E-state index contributed by atoms with van der Waals surface area (Å²) in [5, 5.41) is 4.20. The number of hydrogen-bond acceptors (Lipinski definition) is 3. The average molecular weight is 251 g/mol. The van der Waals surface area contributed by atoms with Gasteiger partial charge < -0.3 is 9.73 Å². The minimum absolute atomic E-state index is 0.308. The molecule has 94 valence electrons. The number of rotatable bonds is 2. The number of anilines is 2. The van der Waals surface area contributed by atoms with E-state index in [0.717, 1.165) is 16.8 Å². The van der Waals surface area contributed by atoms with Crippen molar-refractivity contribution in [2.75, 3.05) is 5.32 Å². The summed E-state index contributed by atoms with van der Waals surface area (Å²) < 4.78 is 5.28. The Bertz CT molecular complexity index is 776. The Hall–Kier alpha value is -2.55. The molecular formula is C16H13NO2. The summed E-state index contributed by atoms with van der Waals surface area (Å²) in [5.41, 5.74) is 2.62. The number of hydrogen-bond donors (Lipinski definition) is 1. The summed E-state index contributed by atoms with van der Waals surface area (Å²) >= 11 is 0. The van der Waals surface area contributed by atoms with Crippen LogP contribution in [0, 0.1) is 6.92 Å². The molecule has 3 nitrogen and oxygen atoms in total. The molecule has 0 bridgehead atoms. The Balaban J connectivity index is 2.22. The third-order valence-electron chi connectivity index (χ3n) is 3.08. The minimum atomic E-state index is -0.308. The smallest absolute Gasteiger partial charge is 0.341 e. The van der Waals surface area contributed by atoms with Crippen molar-refractivity contribution in [2.45, 2.75) is 6.92 Å². The van der Waals surface area contributed by atoms with Gasteiger partial charge in [-0.3, -0.25) is 0 Å². The van der Waals surface area contributed by atoms with Gasteiger partial charge in [0.1, 0.15) is 5.58 Å². The molecule has 3 rings (SSSR count). The maximum absolute atomic E-state index is 11.8. The molecule has 3 heteroatoms. The maximum Gasteiger partial charge on any atom is 0.341 e. The van der Waals surface area contributed by atoms with E-state index in [4.69, 9.17) is 4.42 Å². The van der Waals surface area contributed by atoms with Gasteiger partial charge in [0.25, 0.3) is 0 Å². The van der Waals surface area contributed by atoms with Gasteiger partial charge in [-0.15, -0.1) is 0 Å². The van der Waals surface area contributed by atoms with E-state index < -0.39 is 0 Å². The van der Waals surface area contributed by atoms with Gasteiger partial charge in [-0.25, -0.2) is 4.79 Å². The number of nitrogens with one attached hydrogen (secondary N) is 1. The first-order valence-corrected chi connectivity index (χ1v) is 6.10. The van der Waals surface area contributed by atoms with Gasteiger partial charge in [-0.2, -0.15) is 0 Å². The predicted molar refractivity (Wildman–Crippen MR) is 76.9 cm³/mol. The van der Waals surface area contributed by atoms with E-state index in [1.165, 1.54) is 0 Å². The highest BCUT2D eigenvalue weighted by atomic mass is 16.4. The van der Waals surface area contributed by atoms with E-state index >= 15 is 0 Å². The molecule has 0 saturated carbocycles. The van der Waals surface area contributed by atoms with Crippen molar-refractivity contribution in [1.29, 1.82) is 0 Å². The van der Waals surface area contributed by atoms with Crippen LogP contribution in [0.1, 0.15) is 5.56 Å². The highest BCUT2D eigenvalue weighted by molar-refractivity contribution is 5.93. The second-order valence-corrected chi connectivity index (χ2v) is 4.38. The van der Waals surface area contributed by atoms with E-state index in [9.17, 15) is 4.79 Å². The number of fused-ring (bicyclic) bond motifs is 1. The molecule has 2 aromatic carbocycles. The lowest BCUT2D eigenvalue weighted by atomic mass is 10.1. The summed E-state index contributed by atoms with van der Waals surface area (Å²) in [6.07, 6.45) is 0. The predicted octanol–water partition coefficient (Wildman–Crippen LogP) is 3.85. The second kappa shape index (κ2) is 4.61. The van der Waals surface area contributed by atoms with Crippen LogP contribution in [-0.4, -0.2) is 0 Å². The van der Waals surface area contributed by atoms with Crippen molar-refractivity contribution >= 4 is 22.3 Å². The van der Waals surface area contributed by atoms with E-state index in [-0.39, 0.29) is 5.63 Å². The van der Waals surface area contributed by atoms with Crippen LogP contribution < -0.4 is 10.9 Å². The second-order valence-electron chi connectivity index (χ2n) is 4.38. The zero-order valence-electron chi connectivity index (χ0n) is 10.5. The van der Waals surface area contributed by atoms with E-state index in [2.05, 4.69) is 5.32 Å². The van der Waals surface area contributed by atoms with Crippen LogP contribution in [0.4, 0.5) is 11.4 Å². The highest BCUT2D eigenvalue weighted by Gasteiger charge is 2.10. The van der Waals surface area contributed by atoms with Crippen molar-refractivity contribution in [3.8, 4) is 0 Å². The molecule has 0 fully saturated rings. The van der Waals surface area contributed by atoms with E-state index in [1.807, 2.05) is 48.5 Å². The molecule has 0 amide bonds. The lowest BCUT2D eigenvalue weighted by Gasteiger charge is -2.11. The topological polar surface area (TPSA) is 42.2 Å². The number of para-hydroxylation sites is 2. The first-order valence-electron chi connectivity index (χ1n) is 6.10. The molecule has 1 heterocycles. The van der Waals surface area contributed by atoms with Gasteiger partial charge in [0.15, 0.2) is 0 Å². The molecule has 0 atom stereocenters. The summed E-state index contributed by atoms with van der Waals surface area (Å²) in [4.78, 5) is 11.8. The van der Waals surface area contributed by atoms with Crippen LogP contribution in [0.25, 0.3) is 11.0 Å². The third kappa shape index (κ3) is 2.10. The molecule has 3 aromatic rings. The van der Waals surface area contributed by atoms with Crippen LogP contribution in [-0.2, 0) is 0 Å². The van der Waals surface area contributed by atoms with Crippen LogP contribution in [0.2, 0.25) is 0 Å². The minimum Gasteiger partial charge on any atom is -0.422 e. The summed E-state index contributed by atoms with van der Waals surface area (Å²) in [6.45, 7) is 1.77. The van der Waals surface area contributed by atoms with Crippen molar-refractivity contribution in [3.63, 3.8) is 0 Å². The Labute approximate surface area is 110 Å². The summed E-state index contributed by atoms with van der Waals surface area (Å²) in [7, 11) is 0. The molecule has 0 unspecified atom stereocenters. The van der Waals surface area contributed by atoms with Crippen molar-refractivity contribution in [2.24, 2.45) is 0 Å². The van der Waals surface area contributed by atoms with Crippen LogP contribution in [0.5, 0.6) is 0 Å². The normalized spacial score (nSPS) is 10.6. The standard InChI is InChI=1S/C16H13NO2/c1-11-15(17-12-7-3-2-4-8-12)13-9-5-6-10-14(13)19-16(11)18/h2-10,17H,1H3. The van der Waals surface area contributed by atoms with Gasteiger partial charge in [0.2, 0.25) is 0 Å². The fraction of sp³-hybridized carbons (Fsp3) is 0.0625. The van der Waals surface area contributed by atoms with Gasteiger partial charge in [-0.1, -0.05) is 30.3 Å². The van der Waals surface area contributed by atoms with Crippen molar-refractivity contribution < 1.29 is 4.42 Å². The molecule has 1 aromatic heterocycles. The van der Waals surface area contributed by atoms with E-state index in [0.29, 0.717) is 11.1 Å². The Morgan fingerprint density at radius 2 is 1.63 bits per heavy atom. The van der Waals surface area contributed by atoms with Crippen molar-refractivity contribution in [3.05, 3.63) is 70.6 Å². The first kappa shape index (κ1) is 11.5. The summed E-state index contributed by atoms with van der Waals surface area (Å²) in [5.74, 6) is 0. The Morgan fingerprint density at radius 1 is 0.947 bits per heavy atom. The monoisotopic (exact) mass is 251 g/mol. The van der Waals surface area contributed by atoms with Crippen LogP contribution in [0.15, 0.2) is 63.8 Å². The lowest BCUT2D eigenvalue weighted by molar-refractivity contribution is 0.556. The van der Waals surface area contributed by atoms with Crippen molar-refractivity contribution in [1.82, 2.24) is 0 Å². The lowest BCUT2D eigenvalue weighted by Crippen LogP contribution is -2.07. The Kier molecular flexibility index (Phi) is 2.80. The summed E-state index contributed by atoms with van der Waals surface area (Å²) in [6, 6.07) is 17.3. The van der Waals surface area contributed by atoms with Gasteiger partial charge in [0, 0.05) is 11.1 Å². The molecule has 0 spiro atoms. The molecule has 0 radical (unpaired) electrons. The third-order valence-corrected chi connectivity index (χ3v) is 3.08. The fourth-order valence-electron chi connectivity index (χ4n) is 2.07. The van der Waals surface area contributed by atoms with Gasteiger partial charge in [0.05, 0.1) is 11.3 Å². The zero-order chi connectivity index (χ0) is 13.2. The van der Waals surface area contributed by atoms with Gasteiger partial charge in [-0.05, 0) is 31.2 Å². The fourth-order valence-corrected chi connectivity index (χ4v) is 2.07. The molecule has 1 N–H and O–H groups in total. The Morgan fingerprint density at radius 3 is 2.42 bits per heavy atom. The molecular weight excluding hydrogens is 238 g/mol. The largest absolute Gasteiger partial charge is 0.422 e. The average Bonchev–Trinajstić information content (AvgIpc) is 2.45. The molecule has 0 aliphatic carbocycles. The maximum atomic E-state index is 11.8. The van der Waals surface area contributed by atoms with Crippen LogP contribution in [0.3, 0.4) is 0 Å². The number of benzene rings is 2. The SMILES string of the molecule is Cc1c(Nc2ccccc2)c2ccccc2oc1=O. The van der Waals surface area contributed by atoms with E-state index in [1.54, 1.807) is 13.0 Å². The molecule has 0 saturated heterocycles. The molecule has 19 heavy (non-hydrogen) atoms. The van der Waals surface area contributed by atoms with Crippen LogP contribution >= 0.6 is 0 Å². The molecule has 0 aliphatic rings. The zero-order valence-corrected chi connectivity index (χ0v) is 10.5.